The molecule has 2 aliphatic heterocycles. The van der Waals surface area contributed by atoms with Gasteiger partial charge >= 0.3 is 18.0 Å². The lowest BCUT2D eigenvalue weighted by atomic mass is 9.81. The third kappa shape index (κ3) is 3.91. The maximum absolute atomic E-state index is 15.1. The number of carbonyl (C=O) groups is 3. The minimum absolute atomic E-state index is 0.00532. The molecular formula is C32H26FN3O7. The first kappa shape index (κ1) is 27.0. The van der Waals surface area contributed by atoms with Gasteiger partial charge in [-0.25, -0.2) is 23.8 Å². The molecule has 1 aliphatic carbocycles. The number of amides is 1. The van der Waals surface area contributed by atoms with E-state index in [4.69, 9.17) is 14.5 Å². The third-order valence-corrected chi connectivity index (χ3v) is 8.86. The number of halogens is 1. The van der Waals surface area contributed by atoms with Crippen LogP contribution in [0.5, 0.6) is 0 Å². The lowest BCUT2D eigenvalue weighted by Crippen LogP contribution is -2.44. The maximum Gasteiger partial charge on any atom is 0.415 e. The molecule has 0 spiro atoms. The van der Waals surface area contributed by atoms with Crippen LogP contribution < -0.4 is 10.9 Å². The lowest BCUT2D eigenvalue weighted by molar-refractivity contribution is -0.172. The molecule has 2 aromatic carbocycles. The molecule has 2 atom stereocenters. The van der Waals surface area contributed by atoms with Gasteiger partial charge in [0.1, 0.15) is 12.4 Å². The van der Waals surface area contributed by atoms with Crippen molar-refractivity contribution in [3.63, 3.8) is 0 Å². The minimum atomic E-state index is -1.99. The number of esters is 2. The number of carbonyl (C=O) groups excluding carboxylic acids is 3. The predicted octanol–water partition coefficient (Wildman–Crippen LogP) is 4.08. The molecule has 0 radical (unpaired) electrons. The fourth-order valence-corrected chi connectivity index (χ4v) is 6.59. The van der Waals surface area contributed by atoms with Gasteiger partial charge in [0.2, 0.25) is 0 Å². The van der Waals surface area contributed by atoms with Crippen molar-refractivity contribution in [2.24, 2.45) is 0 Å². The van der Waals surface area contributed by atoms with E-state index in [1.165, 1.54) is 22.8 Å². The molecule has 43 heavy (non-hydrogen) atoms. The molecular weight excluding hydrogens is 557 g/mol. The summed E-state index contributed by atoms with van der Waals surface area (Å²) in [6, 6.07) is 10.4. The molecule has 7 rings (SSSR count). The second-order valence-corrected chi connectivity index (χ2v) is 11.1. The van der Waals surface area contributed by atoms with Crippen LogP contribution in [0, 0.1) is 12.7 Å². The van der Waals surface area contributed by atoms with Crippen LogP contribution in [0.25, 0.3) is 22.3 Å². The fourth-order valence-electron chi connectivity index (χ4n) is 6.59. The van der Waals surface area contributed by atoms with Crippen molar-refractivity contribution in [2.75, 3.05) is 0 Å². The Labute approximate surface area is 244 Å². The largest absolute Gasteiger partial charge is 0.458 e. The monoisotopic (exact) mass is 583 g/mol. The van der Waals surface area contributed by atoms with E-state index in [1.54, 1.807) is 38.1 Å². The number of hydrogen-bond donors (Lipinski definition) is 2. The summed E-state index contributed by atoms with van der Waals surface area (Å²) in [5.41, 5.74) is 1.77. The third-order valence-electron chi connectivity index (χ3n) is 8.86. The second-order valence-electron chi connectivity index (χ2n) is 11.1. The van der Waals surface area contributed by atoms with E-state index < -0.39 is 41.1 Å². The molecule has 218 valence electrons. The standard InChI is InChI=1S/C32H26FN3O7/c1-3-32(41)20-11-24-27-18(13-36(24)28(37)19(20)14-42-30(32)39)26-22(35-31(40)43-29(38)16-7-5-4-6-8-16)10-9-17-15(2)21(33)12-23(34-27)25(17)26/h4-8,11-12,22,41H,3,9-10,13-14H2,1-2H3,(H,35,40)/t22-,32-/m0/s1. The molecule has 2 aromatic heterocycles. The van der Waals surface area contributed by atoms with Gasteiger partial charge in [-0.05, 0) is 61.1 Å². The van der Waals surface area contributed by atoms with Gasteiger partial charge in [0.25, 0.3) is 5.56 Å². The summed E-state index contributed by atoms with van der Waals surface area (Å²) in [5, 5.41) is 14.7. The zero-order chi connectivity index (χ0) is 30.2. The Bertz CT molecular complexity index is 1970. The van der Waals surface area contributed by atoms with Crippen LogP contribution in [0.4, 0.5) is 9.18 Å². The van der Waals surface area contributed by atoms with Crippen LogP contribution in [0.2, 0.25) is 0 Å². The SMILES string of the molecule is CC[C@@]1(O)C(=O)OCc2c1cc1n(c2=O)Cc2c-1nc1cc(F)c(C)c3c1c2[C@@H](NC(=O)OC(=O)c1ccccc1)CC3. The molecule has 1 amide bonds. The van der Waals surface area contributed by atoms with E-state index in [2.05, 4.69) is 5.32 Å². The van der Waals surface area contributed by atoms with E-state index in [-0.39, 0.29) is 36.3 Å². The quantitative estimate of drug-likeness (QED) is 0.240. The van der Waals surface area contributed by atoms with Crippen LogP contribution in [0.3, 0.4) is 0 Å². The molecule has 0 saturated carbocycles. The summed E-state index contributed by atoms with van der Waals surface area (Å²) in [6.45, 7) is 3.14. The smallest absolute Gasteiger partial charge is 0.415 e. The molecule has 0 bridgehead atoms. The number of aromatic nitrogens is 2. The maximum atomic E-state index is 15.1. The van der Waals surface area contributed by atoms with Crippen LogP contribution in [0.15, 0.2) is 47.3 Å². The Kier molecular flexibility index (Phi) is 6.00. The summed E-state index contributed by atoms with van der Waals surface area (Å²) < 4.78 is 26.8. The average Bonchev–Trinajstić information content (AvgIpc) is 3.37. The number of nitrogens with zero attached hydrogens (tertiary/aromatic N) is 2. The average molecular weight is 584 g/mol. The van der Waals surface area contributed by atoms with E-state index in [1.807, 2.05) is 0 Å². The first-order chi connectivity index (χ1) is 20.6. The highest BCUT2D eigenvalue weighted by molar-refractivity contribution is 5.97. The van der Waals surface area contributed by atoms with Gasteiger partial charge in [-0.2, -0.15) is 0 Å². The summed E-state index contributed by atoms with van der Waals surface area (Å²) in [4.78, 5) is 56.6. The van der Waals surface area contributed by atoms with Crippen molar-refractivity contribution in [3.05, 3.63) is 97.6 Å². The topological polar surface area (TPSA) is 137 Å². The van der Waals surface area contributed by atoms with Crippen molar-refractivity contribution in [2.45, 2.75) is 57.9 Å². The van der Waals surface area contributed by atoms with E-state index >= 15 is 4.39 Å². The van der Waals surface area contributed by atoms with E-state index in [0.717, 1.165) is 5.56 Å². The Morgan fingerprint density at radius 1 is 1.19 bits per heavy atom. The number of aliphatic hydroxyl groups is 1. The fraction of sp³-hybridized carbons (Fsp3) is 0.281. The van der Waals surface area contributed by atoms with Crippen molar-refractivity contribution in [1.82, 2.24) is 14.9 Å². The highest BCUT2D eigenvalue weighted by Gasteiger charge is 2.46. The van der Waals surface area contributed by atoms with Gasteiger partial charge in [0.15, 0.2) is 5.60 Å². The van der Waals surface area contributed by atoms with Gasteiger partial charge in [0.05, 0.1) is 40.6 Å². The molecule has 0 fully saturated rings. The molecule has 4 aromatic rings. The molecule has 4 heterocycles. The lowest BCUT2D eigenvalue weighted by Gasteiger charge is -2.31. The molecule has 0 saturated heterocycles. The molecule has 2 N–H and O–H groups in total. The number of fused-ring (bicyclic) bond motifs is 5. The summed E-state index contributed by atoms with van der Waals surface area (Å²) in [7, 11) is 0. The van der Waals surface area contributed by atoms with E-state index in [9.17, 15) is 24.3 Å². The Morgan fingerprint density at radius 2 is 1.95 bits per heavy atom. The zero-order valence-corrected chi connectivity index (χ0v) is 23.3. The normalized spacial score (nSPS) is 19.7. The number of benzene rings is 2. The number of aryl methyl sites for hydroxylation is 1. The first-order valence-corrected chi connectivity index (χ1v) is 14.0. The first-order valence-electron chi connectivity index (χ1n) is 14.0. The van der Waals surface area contributed by atoms with Gasteiger partial charge in [-0.15, -0.1) is 0 Å². The van der Waals surface area contributed by atoms with Gasteiger partial charge < -0.3 is 24.5 Å². The number of hydrogen-bond acceptors (Lipinski definition) is 8. The number of pyridine rings is 2. The highest BCUT2D eigenvalue weighted by Crippen LogP contribution is 2.46. The number of cyclic esters (lactones) is 1. The van der Waals surface area contributed by atoms with Gasteiger partial charge in [0, 0.05) is 22.6 Å². The summed E-state index contributed by atoms with van der Waals surface area (Å²) in [5.74, 6) is -2.06. The van der Waals surface area contributed by atoms with Crippen molar-refractivity contribution in [3.8, 4) is 11.4 Å². The number of alkyl carbamates (subject to hydrolysis) is 1. The Morgan fingerprint density at radius 3 is 2.70 bits per heavy atom. The second kappa shape index (κ2) is 9.56. The van der Waals surface area contributed by atoms with E-state index in [0.29, 0.717) is 51.8 Å². The van der Waals surface area contributed by atoms with Crippen molar-refractivity contribution >= 4 is 28.9 Å². The number of rotatable bonds is 3. The van der Waals surface area contributed by atoms with Crippen molar-refractivity contribution in [1.29, 1.82) is 0 Å². The van der Waals surface area contributed by atoms with Gasteiger partial charge in [-0.1, -0.05) is 25.1 Å². The van der Waals surface area contributed by atoms with Crippen LogP contribution in [-0.2, 0) is 39.4 Å². The predicted molar refractivity (Wildman–Crippen MR) is 151 cm³/mol. The van der Waals surface area contributed by atoms with Gasteiger partial charge in [-0.3, -0.25) is 4.79 Å². The Balaban J connectivity index is 1.37. The summed E-state index contributed by atoms with van der Waals surface area (Å²) in [6.07, 6.45) is -0.118. The molecule has 3 aliphatic rings. The molecule has 11 heteroatoms. The molecule has 0 unspecified atom stereocenters. The van der Waals surface area contributed by atoms with Crippen LogP contribution in [0.1, 0.15) is 69.5 Å². The number of nitrogens with one attached hydrogen (secondary N) is 1. The minimum Gasteiger partial charge on any atom is -0.458 e. The van der Waals surface area contributed by atoms with Crippen molar-refractivity contribution < 1.29 is 33.4 Å². The zero-order valence-electron chi connectivity index (χ0n) is 23.3. The van der Waals surface area contributed by atoms with Crippen LogP contribution >= 0.6 is 0 Å². The molecule has 10 nitrogen and oxygen atoms in total. The van der Waals surface area contributed by atoms with Crippen LogP contribution in [-0.4, -0.2) is 32.7 Å². The highest BCUT2D eigenvalue weighted by atomic mass is 19.1. The Hall–Kier alpha value is -4.90. The number of ether oxygens (including phenoxy) is 2. The summed E-state index contributed by atoms with van der Waals surface area (Å²) >= 11 is 0.